The smallest absolute Gasteiger partial charge is 0.110 e. The molecule has 2 atom stereocenters. The Hall–Kier alpha value is -0.650. The summed E-state index contributed by atoms with van der Waals surface area (Å²) in [7, 11) is 0. The summed E-state index contributed by atoms with van der Waals surface area (Å²) >= 11 is 7.70. The predicted octanol–water partition coefficient (Wildman–Crippen LogP) is 4.12. The Kier molecular flexibility index (Phi) is 2.95. The summed E-state index contributed by atoms with van der Waals surface area (Å²) in [6.45, 7) is 2.14. The van der Waals surface area contributed by atoms with E-state index in [1.165, 1.54) is 0 Å². The second kappa shape index (κ2) is 4.08. The molecule has 2 rings (SSSR count). The lowest BCUT2D eigenvalue weighted by molar-refractivity contribution is 0.776. The van der Waals surface area contributed by atoms with E-state index in [0.717, 1.165) is 22.8 Å². The normalized spacial score (nSPS) is 28.5. The van der Waals surface area contributed by atoms with Crippen LogP contribution in [0.2, 0.25) is 5.02 Å². The van der Waals surface area contributed by atoms with Gasteiger partial charge in [-0.05, 0) is 24.5 Å². The van der Waals surface area contributed by atoms with E-state index >= 15 is 0 Å². The van der Waals surface area contributed by atoms with Gasteiger partial charge in [0.05, 0.1) is 11.1 Å². The highest BCUT2D eigenvalue weighted by Gasteiger charge is 2.54. The second-order valence-corrected chi connectivity index (χ2v) is 5.62. The van der Waals surface area contributed by atoms with Gasteiger partial charge in [-0.3, -0.25) is 0 Å². The van der Waals surface area contributed by atoms with Gasteiger partial charge in [0.25, 0.3) is 0 Å². The molecule has 0 bridgehead atoms. The van der Waals surface area contributed by atoms with Crippen molar-refractivity contribution in [2.75, 3.05) is 0 Å². The van der Waals surface area contributed by atoms with Gasteiger partial charge in [-0.2, -0.15) is 5.26 Å². The van der Waals surface area contributed by atoms with Crippen molar-refractivity contribution in [3.05, 3.63) is 29.3 Å². The van der Waals surface area contributed by atoms with E-state index in [4.69, 9.17) is 11.6 Å². The third-order valence-corrected chi connectivity index (χ3v) is 4.83. The van der Waals surface area contributed by atoms with Crippen LogP contribution in [-0.2, 0) is 0 Å². The third-order valence-electron chi connectivity index (χ3n) is 2.86. The van der Waals surface area contributed by atoms with Crippen LogP contribution in [0.4, 0.5) is 0 Å². The van der Waals surface area contributed by atoms with E-state index in [1.807, 2.05) is 24.3 Å². The molecule has 1 fully saturated rings. The van der Waals surface area contributed by atoms with E-state index in [9.17, 15) is 5.26 Å². The minimum absolute atomic E-state index is 0.209. The fraction of sp³-hybridized carbons (Fsp3) is 0.417. The highest BCUT2D eigenvalue weighted by molar-refractivity contribution is 8.01. The zero-order valence-corrected chi connectivity index (χ0v) is 10.1. The molecule has 1 aromatic carbocycles. The minimum atomic E-state index is -0.209. The van der Waals surface area contributed by atoms with Gasteiger partial charge in [0.1, 0.15) is 4.75 Å². The van der Waals surface area contributed by atoms with Gasteiger partial charge in [0.2, 0.25) is 0 Å². The lowest BCUT2D eigenvalue weighted by atomic mass is 10.3. The van der Waals surface area contributed by atoms with Crippen LogP contribution in [-0.4, -0.2) is 4.75 Å². The van der Waals surface area contributed by atoms with E-state index in [1.54, 1.807) is 11.8 Å². The fourth-order valence-corrected chi connectivity index (χ4v) is 3.41. The second-order valence-electron chi connectivity index (χ2n) is 3.84. The lowest BCUT2D eigenvalue weighted by Crippen LogP contribution is -2.02. The number of nitriles is 1. The average Bonchev–Trinajstić information content (AvgIpc) is 2.96. The zero-order valence-electron chi connectivity index (χ0n) is 8.53. The van der Waals surface area contributed by atoms with Crippen LogP contribution in [0, 0.1) is 17.2 Å². The van der Waals surface area contributed by atoms with Gasteiger partial charge >= 0.3 is 0 Å². The van der Waals surface area contributed by atoms with Crippen molar-refractivity contribution in [1.82, 2.24) is 0 Å². The molecule has 0 spiro atoms. The quantitative estimate of drug-likeness (QED) is 0.790. The van der Waals surface area contributed by atoms with Crippen LogP contribution in [0.5, 0.6) is 0 Å². The molecule has 1 nitrogen and oxygen atoms in total. The van der Waals surface area contributed by atoms with Gasteiger partial charge in [0.15, 0.2) is 0 Å². The number of rotatable bonds is 3. The van der Waals surface area contributed by atoms with Crippen molar-refractivity contribution in [2.45, 2.75) is 29.4 Å². The molecule has 3 heteroatoms. The molecule has 2 unspecified atom stereocenters. The van der Waals surface area contributed by atoms with Crippen molar-refractivity contribution in [2.24, 2.45) is 5.92 Å². The van der Waals surface area contributed by atoms with Crippen molar-refractivity contribution < 1.29 is 0 Å². The summed E-state index contributed by atoms with van der Waals surface area (Å²) in [4.78, 5) is 1.02. The Balaban J connectivity index is 2.17. The topological polar surface area (TPSA) is 23.8 Å². The molecule has 1 aliphatic carbocycles. The Morgan fingerprint density at radius 3 is 2.87 bits per heavy atom. The number of hydrogen-bond acceptors (Lipinski definition) is 2. The number of benzene rings is 1. The molecule has 78 valence electrons. The van der Waals surface area contributed by atoms with Gasteiger partial charge in [-0.25, -0.2) is 0 Å². The number of thioether (sulfide) groups is 1. The molecule has 0 aromatic heterocycles. The van der Waals surface area contributed by atoms with Gasteiger partial charge in [0, 0.05) is 4.90 Å². The Morgan fingerprint density at radius 2 is 2.33 bits per heavy atom. The van der Waals surface area contributed by atoms with Crippen LogP contribution < -0.4 is 0 Å². The van der Waals surface area contributed by atoms with Crippen molar-refractivity contribution >= 4 is 23.4 Å². The molecule has 0 heterocycles. The monoisotopic (exact) mass is 237 g/mol. The van der Waals surface area contributed by atoms with Crippen molar-refractivity contribution in [1.29, 1.82) is 5.26 Å². The highest BCUT2D eigenvalue weighted by Crippen LogP contribution is 2.58. The Labute approximate surface area is 99.4 Å². The molecule has 1 aliphatic rings. The molecule has 0 amide bonds. The van der Waals surface area contributed by atoms with E-state index in [0.29, 0.717) is 5.92 Å². The molecule has 1 aromatic rings. The highest BCUT2D eigenvalue weighted by atomic mass is 35.5. The molecule has 1 saturated carbocycles. The first-order valence-corrected chi connectivity index (χ1v) is 6.26. The maximum absolute atomic E-state index is 9.20. The Morgan fingerprint density at radius 1 is 1.60 bits per heavy atom. The summed E-state index contributed by atoms with van der Waals surface area (Å²) < 4.78 is -0.209. The molecular weight excluding hydrogens is 226 g/mol. The van der Waals surface area contributed by atoms with Gasteiger partial charge in [-0.1, -0.05) is 37.1 Å². The molecule has 15 heavy (non-hydrogen) atoms. The largest absolute Gasteiger partial charge is 0.197 e. The summed E-state index contributed by atoms with van der Waals surface area (Å²) in [6.07, 6.45) is 2.07. The van der Waals surface area contributed by atoms with Crippen LogP contribution in [0.25, 0.3) is 0 Å². The first-order chi connectivity index (χ1) is 7.22. The van der Waals surface area contributed by atoms with Gasteiger partial charge in [-0.15, -0.1) is 11.8 Å². The van der Waals surface area contributed by atoms with E-state index < -0.39 is 0 Å². The van der Waals surface area contributed by atoms with Crippen molar-refractivity contribution in [3.8, 4) is 6.07 Å². The third kappa shape index (κ3) is 2.00. The van der Waals surface area contributed by atoms with Crippen LogP contribution in [0.15, 0.2) is 29.2 Å². The number of halogens is 1. The molecular formula is C12H12ClNS. The maximum atomic E-state index is 9.20. The van der Waals surface area contributed by atoms with E-state index in [-0.39, 0.29) is 4.75 Å². The summed E-state index contributed by atoms with van der Waals surface area (Å²) in [5.74, 6) is 0.531. The fourth-order valence-electron chi connectivity index (χ4n) is 1.79. The SMILES string of the molecule is CCC1CC1(C#N)Sc1ccccc1Cl. The predicted molar refractivity (Wildman–Crippen MR) is 64.1 cm³/mol. The number of hydrogen-bond donors (Lipinski definition) is 0. The first kappa shape index (κ1) is 10.9. The molecule has 0 saturated heterocycles. The summed E-state index contributed by atoms with van der Waals surface area (Å²) in [5.41, 5.74) is 0. The van der Waals surface area contributed by atoms with Crippen LogP contribution in [0.3, 0.4) is 0 Å². The van der Waals surface area contributed by atoms with Crippen molar-refractivity contribution in [3.63, 3.8) is 0 Å². The summed E-state index contributed by atoms with van der Waals surface area (Å²) in [5, 5.41) is 9.95. The standard InChI is InChI=1S/C12H12ClNS/c1-2-9-7-12(9,8-14)15-11-6-4-3-5-10(11)13/h3-6,9H,2,7H2,1H3. The van der Waals surface area contributed by atoms with Crippen LogP contribution in [0.1, 0.15) is 19.8 Å². The molecule has 0 radical (unpaired) electrons. The molecule has 0 N–H and O–H groups in total. The average molecular weight is 238 g/mol. The maximum Gasteiger partial charge on any atom is 0.110 e. The summed E-state index contributed by atoms with van der Waals surface area (Å²) in [6, 6.07) is 10.2. The number of nitrogens with zero attached hydrogens (tertiary/aromatic N) is 1. The Bertz CT molecular complexity index is 412. The van der Waals surface area contributed by atoms with Crippen LogP contribution >= 0.6 is 23.4 Å². The first-order valence-electron chi connectivity index (χ1n) is 5.06. The van der Waals surface area contributed by atoms with E-state index in [2.05, 4.69) is 13.0 Å². The minimum Gasteiger partial charge on any atom is -0.197 e. The zero-order chi connectivity index (χ0) is 10.9. The molecule has 0 aliphatic heterocycles. The van der Waals surface area contributed by atoms with Gasteiger partial charge < -0.3 is 0 Å². The lowest BCUT2D eigenvalue weighted by Gasteiger charge is -2.08.